The third-order valence-electron chi connectivity index (χ3n) is 4.68. The molecule has 1 aromatic heterocycles. The molecule has 1 fully saturated rings. The number of hydrogen-bond donors (Lipinski definition) is 1. The lowest BCUT2D eigenvalue weighted by Crippen LogP contribution is -2.41. The molecule has 0 atom stereocenters. The SMILES string of the molecule is CCOC(=O)N1CCc2nn(CC(=O)NC3CCCC3)c(=O)cc2C1. The molecule has 0 saturated heterocycles. The van der Waals surface area contributed by atoms with Gasteiger partial charge in [0.2, 0.25) is 5.91 Å². The Morgan fingerprint density at radius 2 is 2.12 bits per heavy atom. The van der Waals surface area contributed by atoms with E-state index in [4.69, 9.17) is 4.74 Å². The predicted molar refractivity (Wildman–Crippen MR) is 90.0 cm³/mol. The molecule has 2 heterocycles. The fraction of sp³-hybridized carbons (Fsp3) is 0.647. The maximum absolute atomic E-state index is 12.3. The summed E-state index contributed by atoms with van der Waals surface area (Å²) in [6.07, 6.45) is 4.44. The zero-order chi connectivity index (χ0) is 17.8. The van der Waals surface area contributed by atoms with Crippen LogP contribution in [0.1, 0.15) is 43.9 Å². The maximum Gasteiger partial charge on any atom is 0.410 e. The van der Waals surface area contributed by atoms with Crippen LogP contribution in [0.25, 0.3) is 0 Å². The molecule has 0 radical (unpaired) electrons. The minimum Gasteiger partial charge on any atom is -0.450 e. The second kappa shape index (κ2) is 7.67. The Balaban J connectivity index is 1.67. The Hall–Kier alpha value is -2.38. The average Bonchev–Trinajstić information content (AvgIpc) is 3.08. The van der Waals surface area contributed by atoms with E-state index >= 15 is 0 Å². The van der Waals surface area contributed by atoms with Crippen molar-refractivity contribution in [2.75, 3.05) is 13.2 Å². The van der Waals surface area contributed by atoms with E-state index in [0.29, 0.717) is 26.1 Å². The van der Waals surface area contributed by atoms with Crippen molar-refractivity contribution in [1.82, 2.24) is 20.0 Å². The monoisotopic (exact) mass is 348 g/mol. The number of aromatic nitrogens is 2. The third kappa shape index (κ3) is 4.18. The van der Waals surface area contributed by atoms with Gasteiger partial charge < -0.3 is 15.0 Å². The van der Waals surface area contributed by atoms with Gasteiger partial charge in [-0.3, -0.25) is 9.59 Å². The van der Waals surface area contributed by atoms with Gasteiger partial charge in [-0.15, -0.1) is 0 Å². The molecule has 1 aliphatic heterocycles. The van der Waals surface area contributed by atoms with Crippen molar-refractivity contribution in [3.8, 4) is 0 Å². The number of rotatable bonds is 4. The van der Waals surface area contributed by atoms with Gasteiger partial charge in [0.05, 0.1) is 18.8 Å². The van der Waals surface area contributed by atoms with Gasteiger partial charge in [0.1, 0.15) is 6.54 Å². The van der Waals surface area contributed by atoms with Crippen LogP contribution in [0.5, 0.6) is 0 Å². The Bertz CT molecular complexity index is 709. The van der Waals surface area contributed by atoms with Gasteiger partial charge in [-0.1, -0.05) is 12.8 Å². The molecule has 0 bridgehead atoms. The number of amides is 2. The topological polar surface area (TPSA) is 93.5 Å². The largest absolute Gasteiger partial charge is 0.450 e. The van der Waals surface area contributed by atoms with Crippen molar-refractivity contribution in [3.05, 3.63) is 27.7 Å². The van der Waals surface area contributed by atoms with Crippen LogP contribution in [-0.2, 0) is 29.0 Å². The van der Waals surface area contributed by atoms with Crippen LogP contribution in [0.3, 0.4) is 0 Å². The number of ether oxygens (including phenoxy) is 1. The predicted octanol–water partition coefficient (Wildman–Crippen LogP) is 0.817. The first-order chi connectivity index (χ1) is 12.1. The molecular weight excluding hydrogens is 324 g/mol. The molecule has 136 valence electrons. The number of nitrogens with zero attached hydrogens (tertiary/aromatic N) is 3. The second-order valence-corrected chi connectivity index (χ2v) is 6.53. The highest BCUT2D eigenvalue weighted by Crippen LogP contribution is 2.18. The summed E-state index contributed by atoms with van der Waals surface area (Å²) in [5.74, 6) is -0.176. The minimum atomic E-state index is -0.381. The van der Waals surface area contributed by atoms with E-state index < -0.39 is 0 Å². The number of carbonyl (C=O) groups is 2. The molecule has 0 aromatic carbocycles. The number of carbonyl (C=O) groups excluding carboxylic acids is 2. The van der Waals surface area contributed by atoms with Crippen LogP contribution in [0.15, 0.2) is 10.9 Å². The minimum absolute atomic E-state index is 0.0653. The zero-order valence-corrected chi connectivity index (χ0v) is 14.5. The normalized spacial score (nSPS) is 17.2. The quantitative estimate of drug-likeness (QED) is 0.869. The highest BCUT2D eigenvalue weighted by molar-refractivity contribution is 5.76. The molecule has 1 N–H and O–H groups in total. The number of fused-ring (bicyclic) bond motifs is 1. The highest BCUT2D eigenvalue weighted by atomic mass is 16.6. The molecule has 0 unspecified atom stereocenters. The summed E-state index contributed by atoms with van der Waals surface area (Å²) >= 11 is 0. The van der Waals surface area contributed by atoms with Gasteiger partial charge in [-0.05, 0) is 19.8 Å². The van der Waals surface area contributed by atoms with Gasteiger partial charge in [0.15, 0.2) is 0 Å². The fourth-order valence-corrected chi connectivity index (χ4v) is 3.40. The number of nitrogens with one attached hydrogen (secondary N) is 1. The Kier molecular flexibility index (Phi) is 5.35. The van der Waals surface area contributed by atoms with Gasteiger partial charge in [-0.2, -0.15) is 5.10 Å². The summed E-state index contributed by atoms with van der Waals surface area (Å²) in [7, 11) is 0. The summed E-state index contributed by atoms with van der Waals surface area (Å²) in [5.41, 5.74) is 1.15. The lowest BCUT2D eigenvalue weighted by molar-refractivity contribution is -0.122. The van der Waals surface area contributed by atoms with Crippen LogP contribution in [0, 0.1) is 0 Å². The third-order valence-corrected chi connectivity index (χ3v) is 4.68. The Labute approximate surface area is 146 Å². The zero-order valence-electron chi connectivity index (χ0n) is 14.5. The molecule has 25 heavy (non-hydrogen) atoms. The molecule has 3 rings (SSSR count). The van der Waals surface area contributed by atoms with Crippen molar-refractivity contribution in [3.63, 3.8) is 0 Å². The van der Waals surface area contributed by atoms with Gasteiger partial charge in [0.25, 0.3) is 5.56 Å². The lowest BCUT2D eigenvalue weighted by Gasteiger charge is -2.27. The van der Waals surface area contributed by atoms with E-state index in [0.717, 1.165) is 36.9 Å². The molecule has 8 heteroatoms. The van der Waals surface area contributed by atoms with E-state index in [9.17, 15) is 14.4 Å². The van der Waals surface area contributed by atoms with E-state index in [2.05, 4.69) is 10.4 Å². The summed E-state index contributed by atoms with van der Waals surface area (Å²) in [6, 6.07) is 1.69. The van der Waals surface area contributed by atoms with Crippen molar-refractivity contribution in [2.24, 2.45) is 0 Å². The molecule has 1 aromatic rings. The first kappa shape index (κ1) is 17.4. The van der Waals surface area contributed by atoms with Crippen LogP contribution >= 0.6 is 0 Å². The summed E-state index contributed by atoms with van der Waals surface area (Å²) in [5, 5.41) is 7.29. The molecule has 2 aliphatic rings. The van der Waals surface area contributed by atoms with Crippen molar-refractivity contribution >= 4 is 12.0 Å². The second-order valence-electron chi connectivity index (χ2n) is 6.53. The molecule has 8 nitrogen and oxygen atoms in total. The van der Waals surface area contributed by atoms with Crippen LogP contribution < -0.4 is 10.9 Å². The van der Waals surface area contributed by atoms with Crippen LogP contribution in [-0.4, -0.2) is 45.9 Å². The van der Waals surface area contributed by atoms with Crippen molar-refractivity contribution < 1.29 is 14.3 Å². The lowest BCUT2D eigenvalue weighted by atomic mass is 10.1. The van der Waals surface area contributed by atoms with Crippen LogP contribution in [0.4, 0.5) is 4.79 Å². The van der Waals surface area contributed by atoms with Crippen LogP contribution in [0.2, 0.25) is 0 Å². The first-order valence-electron chi connectivity index (χ1n) is 8.87. The smallest absolute Gasteiger partial charge is 0.410 e. The highest BCUT2D eigenvalue weighted by Gasteiger charge is 2.24. The van der Waals surface area contributed by atoms with E-state index in [1.165, 1.54) is 10.7 Å². The Morgan fingerprint density at radius 3 is 2.84 bits per heavy atom. The van der Waals surface area contributed by atoms with Gasteiger partial charge in [0, 0.05) is 30.6 Å². The maximum atomic E-state index is 12.3. The molecule has 0 spiro atoms. The van der Waals surface area contributed by atoms with E-state index in [-0.39, 0.29) is 30.1 Å². The molecular formula is C17H24N4O4. The first-order valence-corrected chi connectivity index (χ1v) is 8.87. The molecule has 1 saturated carbocycles. The van der Waals surface area contributed by atoms with Crippen molar-refractivity contribution in [2.45, 2.75) is 58.2 Å². The summed E-state index contributed by atoms with van der Waals surface area (Å²) < 4.78 is 6.21. The Morgan fingerprint density at radius 1 is 1.36 bits per heavy atom. The molecule has 2 amide bonds. The standard InChI is InChI=1S/C17H24N4O4/c1-2-25-17(24)20-8-7-14-12(10-20)9-16(23)21(19-14)11-15(22)18-13-5-3-4-6-13/h9,13H,2-8,10-11H2,1H3,(H,18,22). The summed E-state index contributed by atoms with van der Waals surface area (Å²) in [4.78, 5) is 37.8. The van der Waals surface area contributed by atoms with Gasteiger partial charge in [-0.25, -0.2) is 9.48 Å². The van der Waals surface area contributed by atoms with E-state index in [1.807, 2.05) is 0 Å². The molecule has 1 aliphatic carbocycles. The fourth-order valence-electron chi connectivity index (χ4n) is 3.40. The summed E-state index contributed by atoms with van der Waals surface area (Å²) in [6.45, 7) is 2.81. The number of hydrogen-bond acceptors (Lipinski definition) is 5. The van der Waals surface area contributed by atoms with Gasteiger partial charge >= 0.3 is 6.09 Å². The average molecular weight is 348 g/mol. The van der Waals surface area contributed by atoms with Crippen molar-refractivity contribution in [1.29, 1.82) is 0 Å². The van der Waals surface area contributed by atoms with E-state index in [1.54, 1.807) is 11.8 Å².